The second kappa shape index (κ2) is 15.4. The highest BCUT2D eigenvalue weighted by Gasteiger charge is 2.32. The Kier molecular flexibility index (Phi) is 12.4. The van der Waals surface area contributed by atoms with Crippen molar-refractivity contribution in [1.29, 1.82) is 0 Å². The molecule has 0 bridgehead atoms. The third kappa shape index (κ3) is 10.4. The molecule has 2 rings (SSSR count). The highest BCUT2D eigenvalue weighted by Crippen LogP contribution is 2.12. The van der Waals surface area contributed by atoms with E-state index in [0.29, 0.717) is 30.6 Å². The van der Waals surface area contributed by atoms with E-state index in [1.165, 1.54) is 18.5 Å². The molecular weight excluding hydrogens is 506 g/mol. The predicted octanol–water partition coefficient (Wildman–Crippen LogP) is -0.448. The maximum absolute atomic E-state index is 13.2. The van der Waals surface area contributed by atoms with Crippen molar-refractivity contribution in [2.24, 2.45) is 17.4 Å². The van der Waals surface area contributed by atoms with Crippen molar-refractivity contribution in [3.05, 3.63) is 48.0 Å². The molecule has 0 saturated heterocycles. The number of phenols is 1. The Morgan fingerprint density at radius 3 is 2.18 bits per heavy atom. The molecule has 4 atom stereocenters. The maximum atomic E-state index is 13.2. The number of carboxylic acid groups (broad SMARTS) is 1. The van der Waals surface area contributed by atoms with E-state index in [9.17, 15) is 29.4 Å². The number of carboxylic acids is 1. The summed E-state index contributed by atoms with van der Waals surface area (Å²) in [7, 11) is 0. The third-order valence-corrected chi connectivity index (χ3v) is 6.15. The van der Waals surface area contributed by atoms with Gasteiger partial charge in [-0.25, -0.2) is 9.78 Å². The summed E-state index contributed by atoms with van der Waals surface area (Å²) >= 11 is 0. The first kappa shape index (κ1) is 31.2. The Hall–Kier alpha value is -3.97. The fourth-order valence-corrected chi connectivity index (χ4v) is 3.88. The number of carbonyl (C=O) groups excluding carboxylic acids is 3. The maximum Gasteiger partial charge on any atom is 0.326 e. The number of hydrogen-bond donors (Lipinski definition) is 8. The van der Waals surface area contributed by atoms with Gasteiger partial charge in [-0.15, -0.1) is 0 Å². The standard InChI is InChI=1S/C26H39N7O6/c1-15(2)22(25(37)32-21(26(38)39)11-16-6-8-18(34)9-7-16)33-24(36)20(5-3-4-10-27)31-23(35)19(28)12-17-13-29-14-30-17/h6-9,13-15,19-22,34H,3-5,10-12,27-28H2,1-2H3,(H,29,30)(H,31,35)(H,32,37)(H,33,36)(H,38,39). The molecule has 0 fully saturated rings. The lowest BCUT2D eigenvalue weighted by atomic mass is 10.00. The Balaban J connectivity index is 2.09. The number of nitrogens with one attached hydrogen (secondary N) is 4. The van der Waals surface area contributed by atoms with Crippen LogP contribution in [0.5, 0.6) is 5.75 Å². The van der Waals surface area contributed by atoms with Crippen LogP contribution in [0.2, 0.25) is 0 Å². The SMILES string of the molecule is CC(C)C(NC(=O)C(CCCCN)NC(=O)C(N)Cc1cnc[nH]1)C(=O)NC(Cc1ccc(O)cc1)C(=O)O. The lowest BCUT2D eigenvalue weighted by molar-refractivity contribution is -0.142. The number of rotatable bonds is 16. The van der Waals surface area contributed by atoms with E-state index in [0.717, 1.165) is 0 Å². The van der Waals surface area contributed by atoms with Crippen molar-refractivity contribution in [2.45, 2.75) is 70.1 Å². The van der Waals surface area contributed by atoms with Crippen LogP contribution in [0, 0.1) is 5.92 Å². The highest BCUT2D eigenvalue weighted by atomic mass is 16.4. The van der Waals surface area contributed by atoms with E-state index in [4.69, 9.17) is 11.5 Å². The van der Waals surface area contributed by atoms with Crippen LogP contribution in [0.15, 0.2) is 36.8 Å². The number of aliphatic carboxylic acids is 1. The number of nitrogens with zero attached hydrogens (tertiary/aromatic N) is 1. The second-order valence-electron chi connectivity index (χ2n) is 9.73. The number of H-pyrrole nitrogens is 1. The molecular formula is C26H39N7O6. The minimum absolute atomic E-state index is 0.0217. The molecule has 2 aromatic rings. The number of carbonyl (C=O) groups is 4. The molecule has 39 heavy (non-hydrogen) atoms. The Morgan fingerprint density at radius 1 is 0.949 bits per heavy atom. The van der Waals surface area contributed by atoms with Gasteiger partial charge in [0.1, 0.15) is 23.9 Å². The molecule has 3 amide bonds. The van der Waals surface area contributed by atoms with E-state index < -0.39 is 47.9 Å². The zero-order chi connectivity index (χ0) is 28.9. The lowest BCUT2D eigenvalue weighted by Crippen LogP contribution is -2.58. The van der Waals surface area contributed by atoms with Gasteiger partial charge >= 0.3 is 5.97 Å². The number of phenolic OH excluding ortho intramolecular Hbond substituents is 1. The van der Waals surface area contributed by atoms with Gasteiger partial charge in [-0.3, -0.25) is 14.4 Å². The number of aromatic nitrogens is 2. The van der Waals surface area contributed by atoms with Crippen molar-refractivity contribution in [3.8, 4) is 5.75 Å². The van der Waals surface area contributed by atoms with Gasteiger partial charge in [0.05, 0.1) is 12.4 Å². The van der Waals surface area contributed by atoms with Crippen molar-refractivity contribution >= 4 is 23.7 Å². The molecule has 1 aromatic heterocycles. The fraction of sp³-hybridized carbons (Fsp3) is 0.500. The summed E-state index contributed by atoms with van der Waals surface area (Å²) in [5.41, 5.74) is 12.9. The number of imidazole rings is 1. The van der Waals surface area contributed by atoms with Crippen molar-refractivity contribution in [1.82, 2.24) is 25.9 Å². The Labute approximate surface area is 227 Å². The van der Waals surface area contributed by atoms with Gasteiger partial charge in [0.15, 0.2) is 0 Å². The van der Waals surface area contributed by atoms with E-state index in [2.05, 4.69) is 25.9 Å². The van der Waals surface area contributed by atoms with Crippen LogP contribution in [0.4, 0.5) is 0 Å². The van der Waals surface area contributed by atoms with Crippen LogP contribution in [-0.2, 0) is 32.0 Å². The summed E-state index contributed by atoms with van der Waals surface area (Å²) in [6.07, 6.45) is 4.65. The summed E-state index contributed by atoms with van der Waals surface area (Å²) in [4.78, 5) is 57.7. The molecule has 4 unspecified atom stereocenters. The highest BCUT2D eigenvalue weighted by molar-refractivity contribution is 5.94. The molecule has 0 saturated carbocycles. The number of aromatic hydroxyl groups is 1. The first-order valence-corrected chi connectivity index (χ1v) is 12.9. The molecule has 13 heteroatoms. The molecule has 13 nitrogen and oxygen atoms in total. The molecule has 0 spiro atoms. The van der Waals surface area contributed by atoms with Gasteiger partial charge in [-0.05, 0) is 49.4 Å². The number of hydrogen-bond acceptors (Lipinski definition) is 8. The number of benzene rings is 1. The quantitative estimate of drug-likeness (QED) is 0.128. The first-order chi connectivity index (χ1) is 18.5. The van der Waals surface area contributed by atoms with Gasteiger partial charge in [0, 0.05) is 24.7 Å². The van der Waals surface area contributed by atoms with Gasteiger partial charge in [0.25, 0.3) is 0 Å². The topological polar surface area (TPSA) is 226 Å². The average molecular weight is 546 g/mol. The first-order valence-electron chi connectivity index (χ1n) is 12.9. The van der Waals surface area contributed by atoms with Crippen LogP contribution in [0.25, 0.3) is 0 Å². The molecule has 1 heterocycles. The molecule has 0 aliphatic heterocycles. The minimum Gasteiger partial charge on any atom is -0.508 e. The molecule has 0 radical (unpaired) electrons. The van der Waals surface area contributed by atoms with Crippen LogP contribution < -0.4 is 27.4 Å². The van der Waals surface area contributed by atoms with Gasteiger partial charge in [-0.2, -0.15) is 0 Å². The normalized spacial score (nSPS) is 14.2. The molecule has 1 aromatic carbocycles. The number of aromatic amines is 1. The number of nitrogens with two attached hydrogens (primary N) is 2. The van der Waals surface area contributed by atoms with Gasteiger partial charge in [-0.1, -0.05) is 26.0 Å². The van der Waals surface area contributed by atoms with E-state index in [1.54, 1.807) is 32.2 Å². The Bertz CT molecular complexity index is 1070. The second-order valence-corrected chi connectivity index (χ2v) is 9.73. The largest absolute Gasteiger partial charge is 0.508 e. The Morgan fingerprint density at radius 2 is 1.62 bits per heavy atom. The lowest BCUT2D eigenvalue weighted by Gasteiger charge is -2.27. The molecule has 10 N–H and O–H groups in total. The zero-order valence-electron chi connectivity index (χ0n) is 22.2. The van der Waals surface area contributed by atoms with Crippen LogP contribution in [0.3, 0.4) is 0 Å². The molecule has 0 aliphatic carbocycles. The third-order valence-electron chi connectivity index (χ3n) is 6.15. The van der Waals surface area contributed by atoms with Gasteiger partial charge in [0.2, 0.25) is 17.7 Å². The zero-order valence-corrected chi connectivity index (χ0v) is 22.2. The fourth-order valence-electron chi connectivity index (χ4n) is 3.88. The van der Waals surface area contributed by atoms with Crippen molar-refractivity contribution in [3.63, 3.8) is 0 Å². The molecule has 214 valence electrons. The smallest absolute Gasteiger partial charge is 0.326 e. The summed E-state index contributed by atoms with van der Waals surface area (Å²) < 4.78 is 0. The van der Waals surface area contributed by atoms with E-state index >= 15 is 0 Å². The summed E-state index contributed by atoms with van der Waals surface area (Å²) in [6, 6.07) is 1.73. The number of unbranched alkanes of at least 4 members (excludes halogenated alkanes) is 1. The number of amides is 3. The average Bonchev–Trinajstić information content (AvgIpc) is 3.40. The van der Waals surface area contributed by atoms with E-state index in [1.807, 2.05) is 0 Å². The summed E-state index contributed by atoms with van der Waals surface area (Å²) in [6.45, 7) is 3.83. The molecule has 0 aliphatic rings. The van der Waals surface area contributed by atoms with Crippen LogP contribution >= 0.6 is 0 Å². The monoisotopic (exact) mass is 545 g/mol. The van der Waals surface area contributed by atoms with Crippen molar-refractivity contribution < 1.29 is 29.4 Å². The summed E-state index contributed by atoms with van der Waals surface area (Å²) in [5.74, 6) is -3.40. The van der Waals surface area contributed by atoms with Crippen LogP contribution in [0.1, 0.15) is 44.4 Å². The van der Waals surface area contributed by atoms with Crippen LogP contribution in [-0.4, -0.2) is 74.6 Å². The summed E-state index contributed by atoms with van der Waals surface area (Å²) in [5, 5.41) is 26.9. The van der Waals surface area contributed by atoms with Gasteiger partial charge < -0.3 is 42.6 Å². The van der Waals surface area contributed by atoms with Crippen molar-refractivity contribution in [2.75, 3.05) is 6.54 Å². The minimum atomic E-state index is -1.26. The predicted molar refractivity (Wildman–Crippen MR) is 143 cm³/mol. The van der Waals surface area contributed by atoms with E-state index in [-0.39, 0.29) is 30.9 Å².